The highest BCUT2D eigenvalue weighted by Gasteiger charge is 2.26. The van der Waals surface area contributed by atoms with Crippen molar-refractivity contribution in [1.29, 1.82) is 0 Å². The summed E-state index contributed by atoms with van der Waals surface area (Å²) in [5.74, 6) is 0.0724. The molecule has 0 aliphatic carbocycles. The summed E-state index contributed by atoms with van der Waals surface area (Å²) in [6.07, 6.45) is 3.37. The maximum Gasteiger partial charge on any atom is 0.263 e. The van der Waals surface area contributed by atoms with Crippen LogP contribution in [-0.2, 0) is 22.6 Å². The standard InChI is InChI=1S/C23H25N5O3/c24-21(30)17-10-13-27(14-11-17)20(29)9-8-19-26-22-18(7-4-12-25-22)23(31)28(19)15-16-5-2-1-3-6-16/h1-7,12,17H,8-11,13-15H2,(H2,24,30). The minimum Gasteiger partial charge on any atom is -0.369 e. The number of nitrogens with two attached hydrogens (primary N) is 1. The van der Waals surface area contributed by atoms with Crippen LogP contribution < -0.4 is 11.3 Å². The van der Waals surface area contributed by atoms with Crippen LogP contribution in [0.1, 0.15) is 30.7 Å². The van der Waals surface area contributed by atoms with Gasteiger partial charge >= 0.3 is 0 Å². The number of piperidine rings is 1. The van der Waals surface area contributed by atoms with Crippen molar-refractivity contribution in [2.75, 3.05) is 13.1 Å². The third kappa shape index (κ3) is 4.63. The van der Waals surface area contributed by atoms with Gasteiger partial charge in [0.25, 0.3) is 5.56 Å². The lowest BCUT2D eigenvalue weighted by atomic mass is 9.96. The van der Waals surface area contributed by atoms with Gasteiger partial charge in [-0.15, -0.1) is 0 Å². The highest BCUT2D eigenvalue weighted by molar-refractivity contribution is 5.79. The SMILES string of the molecule is NC(=O)C1CCN(C(=O)CCc2nc3ncccc3c(=O)n2Cc2ccccc2)CC1. The number of fused-ring (bicyclic) bond motifs is 1. The maximum atomic E-state index is 13.1. The first-order chi connectivity index (χ1) is 15.0. The van der Waals surface area contributed by atoms with Crippen LogP contribution in [0.2, 0.25) is 0 Å². The third-order valence-electron chi connectivity index (χ3n) is 5.80. The lowest BCUT2D eigenvalue weighted by Gasteiger charge is -2.30. The Morgan fingerprint density at radius 3 is 2.52 bits per heavy atom. The molecule has 8 nitrogen and oxygen atoms in total. The number of carbonyl (C=O) groups is 2. The topological polar surface area (TPSA) is 111 Å². The van der Waals surface area contributed by atoms with Crippen LogP contribution in [0.4, 0.5) is 0 Å². The number of primary amides is 1. The van der Waals surface area contributed by atoms with Gasteiger partial charge in [0.1, 0.15) is 5.82 Å². The molecule has 1 fully saturated rings. The molecule has 31 heavy (non-hydrogen) atoms. The van der Waals surface area contributed by atoms with Crippen molar-refractivity contribution < 1.29 is 9.59 Å². The first-order valence-corrected chi connectivity index (χ1v) is 10.5. The number of hydrogen-bond acceptors (Lipinski definition) is 5. The number of benzene rings is 1. The third-order valence-corrected chi connectivity index (χ3v) is 5.80. The quantitative estimate of drug-likeness (QED) is 0.651. The molecule has 0 atom stereocenters. The predicted molar refractivity (Wildman–Crippen MR) is 116 cm³/mol. The van der Waals surface area contributed by atoms with Gasteiger partial charge in [-0.1, -0.05) is 30.3 Å². The van der Waals surface area contributed by atoms with E-state index in [0.29, 0.717) is 55.8 Å². The highest BCUT2D eigenvalue weighted by atomic mass is 16.2. The molecule has 3 aromatic rings. The molecule has 160 valence electrons. The second kappa shape index (κ2) is 9.07. The molecule has 4 rings (SSSR count). The van der Waals surface area contributed by atoms with E-state index in [4.69, 9.17) is 5.73 Å². The molecule has 2 N–H and O–H groups in total. The van der Waals surface area contributed by atoms with Crippen molar-refractivity contribution in [3.63, 3.8) is 0 Å². The molecule has 1 aliphatic rings. The van der Waals surface area contributed by atoms with Gasteiger partial charge in [0, 0.05) is 38.0 Å². The van der Waals surface area contributed by atoms with Crippen LogP contribution in [0.5, 0.6) is 0 Å². The Kier molecular flexibility index (Phi) is 6.06. The van der Waals surface area contributed by atoms with E-state index in [9.17, 15) is 14.4 Å². The van der Waals surface area contributed by atoms with Gasteiger partial charge in [0.15, 0.2) is 5.65 Å². The Hall–Kier alpha value is -3.55. The van der Waals surface area contributed by atoms with Crippen LogP contribution in [0.15, 0.2) is 53.5 Å². The van der Waals surface area contributed by atoms with E-state index in [0.717, 1.165) is 5.56 Å². The van der Waals surface area contributed by atoms with Gasteiger partial charge in [-0.2, -0.15) is 0 Å². The van der Waals surface area contributed by atoms with Crippen LogP contribution in [0.3, 0.4) is 0 Å². The molecule has 0 bridgehead atoms. The van der Waals surface area contributed by atoms with Gasteiger partial charge in [-0.3, -0.25) is 19.0 Å². The van der Waals surface area contributed by atoms with Crippen molar-refractivity contribution in [3.05, 3.63) is 70.4 Å². The molecular weight excluding hydrogens is 394 g/mol. The predicted octanol–water partition coefficient (Wildman–Crippen LogP) is 1.50. The van der Waals surface area contributed by atoms with E-state index in [1.807, 2.05) is 30.3 Å². The number of hydrogen-bond donors (Lipinski definition) is 1. The molecule has 2 aromatic heterocycles. The van der Waals surface area contributed by atoms with E-state index < -0.39 is 0 Å². The molecule has 8 heteroatoms. The average molecular weight is 419 g/mol. The smallest absolute Gasteiger partial charge is 0.263 e. The summed E-state index contributed by atoms with van der Waals surface area (Å²) >= 11 is 0. The van der Waals surface area contributed by atoms with Crippen molar-refractivity contribution in [1.82, 2.24) is 19.4 Å². The monoisotopic (exact) mass is 419 g/mol. The number of aryl methyl sites for hydroxylation is 1. The van der Waals surface area contributed by atoms with Gasteiger partial charge in [0.05, 0.1) is 11.9 Å². The largest absolute Gasteiger partial charge is 0.369 e. The summed E-state index contributed by atoms with van der Waals surface area (Å²) in [6, 6.07) is 13.1. The molecule has 0 saturated carbocycles. The molecule has 3 heterocycles. The minimum absolute atomic E-state index is 0.00968. The van der Waals surface area contributed by atoms with Crippen LogP contribution >= 0.6 is 0 Å². The number of pyridine rings is 1. The van der Waals surface area contributed by atoms with E-state index in [1.54, 1.807) is 27.8 Å². The molecule has 1 aromatic carbocycles. The number of likely N-dealkylation sites (tertiary alicyclic amines) is 1. The summed E-state index contributed by atoms with van der Waals surface area (Å²) < 4.78 is 1.63. The summed E-state index contributed by atoms with van der Waals surface area (Å²) in [5, 5.41) is 0.460. The zero-order valence-corrected chi connectivity index (χ0v) is 17.2. The number of nitrogens with zero attached hydrogens (tertiary/aromatic N) is 4. The molecule has 1 aliphatic heterocycles. The Morgan fingerprint density at radius 2 is 1.81 bits per heavy atom. The fourth-order valence-corrected chi connectivity index (χ4v) is 4.01. The van der Waals surface area contributed by atoms with Crippen molar-refractivity contribution in [3.8, 4) is 0 Å². The number of aromatic nitrogens is 3. The van der Waals surface area contributed by atoms with Crippen LogP contribution in [0.25, 0.3) is 11.0 Å². The fourth-order valence-electron chi connectivity index (χ4n) is 4.01. The van der Waals surface area contributed by atoms with Crippen LogP contribution in [0, 0.1) is 5.92 Å². The van der Waals surface area contributed by atoms with E-state index in [-0.39, 0.29) is 29.7 Å². The van der Waals surface area contributed by atoms with Gasteiger partial charge < -0.3 is 10.6 Å². The second-order valence-electron chi connectivity index (χ2n) is 7.84. The lowest BCUT2D eigenvalue weighted by molar-refractivity contribution is -0.134. The number of rotatable bonds is 6. The van der Waals surface area contributed by atoms with E-state index in [1.165, 1.54) is 0 Å². The van der Waals surface area contributed by atoms with Gasteiger partial charge in [-0.05, 0) is 30.5 Å². The summed E-state index contributed by atoms with van der Waals surface area (Å²) in [6.45, 7) is 1.43. The molecular formula is C23H25N5O3. The minimum atomic E-state index is -0.301. The van der Waals surface area contributed by atoms with E-state index >= 15 is 0 Å². The second-order valence-corrected chi connectivity index (χ2v) is 7.84. The Bertz CT molecular complexity index is 1150. The summed E-state index contributed by atoms with van der Waals surface area (Å²) in [5.41, 5.74) is 6.59. The van der Waals surface area contributed by atoms with E-state index in [2.05, 4.69) is 9.97 Å². The Morgan fingerprint density at radius 1 is 1.06 bits per heavy atom. The molecule has 2 amide bonds. The molecule has 0 unspecified atom stereocenters. The molecule has 1 saturated heterocycles. The normalized spacial score (nSPS) is 14.6. The Labute approximate surface area is 179 Å². The summed E-state index contributed by atoms with van der Waals surface area (Å²) in [4.78, 5) is 47.8. The van der Waals surface area contributed by atoms with Crippen molar-refractivity contribution in [2.45, 2.75) is 32.2 Å². The highest BCUT2D eigenvalue weighted by Crippen LogP contribution is 2.18. The number of carbonyl (C=O) groups excluding carboxylic acids is 2. The van der Waals surface area contributed by atoms with Gasteiger partial charge in [0.2, 0.25) is 11.8 Å². The lowest BCUT2D eigenvalue weighted by Crippen LogP contribution is -2.42. The van der Waals surface area contributed by atoms with Crippen molar-refractivity contribution >= 4 is 22.8 Å². The maximum absolute atomic E-state index is 13.1. The number of amides is 2. The zero-order valence-electron chi connectivity index (χ0n) is 17.2. The zero-order chi connectivity index (χ0) is 21.8. The van der Waals surface area contributed by atoms with Crippen LogP contribution in [-0.4, -0.2) is 44.3 Å². The first kappa shape index (κ1) is 20.7. The molecule has 0 radical (unpaired) electrons. The molecule has 0 spiro atoms. The van der Waals surface area contributed by atoms with Gasteiger partial charge in [-0.25, -0.2) is 9.97 Å². The average Bonchev–Trinajstić information content (AvgIpc) is 2.80. The Balaban J connectivity index is 1.55. The summed E-state index contributed by atoms with van der Waals surface area (Å²) in [7, 11) is 0. The first-order valence-electron chi connectivity index (χ1n) is 10.5. The van der Waals surface area contributed by atoms with Crippen molar-refractivity contribution in [2.24, 2.45) is 11.7 Å². The fraction of sp³-hybridized carbons (Fsp3) is 0.348.